The lowest BCUT2D eigenvalue weighted by molar-refractivity contribution is -0.149. The van der Waals surface area contributed by atoms with Crippen molar-refractivity contribution in [1.29, 1.82) is 0 Å². The molecule has 0 spiro atoms. The maximum Gasteiger partial charge on any atom is 0.315 e. The Bertz CT molecular complexity index is 1970. The number of hydrogen-bond donors (Lipinski definition) is 3. The van der Waals surface area contributed by atoms with Crippen molar-refractivity contribution in [3.63, 3.8) is 0 Å². The highest BCUT2D eigenvalue weighted by Crippen LogP contribution is 2.34. The molecule has 464 valence electrons. The standard InChI is InChI=1S/C58H93ClN6O16S/c59-48-10-8-47(9-11-48)43-50-44-51(45-65(50)49-12-17-64(18-13-49)54-6-3-4-15-60-54)81-56(67)14-19-69-21-23-71-25-27-73-29-31-75-33-35-77-37-39-79-41-42-80-40-38-78-36-34-76-32-30-74-28-26-72-24-22-70-20-16-61-55(66)7-2-1-5-53-57-52(46-82-53)62-58(68)63-57/h3-4,6,8-11,15,49-53,57H,1-2,5,7,12-14,16-46H2,(H,61,66)(H2,62,63,68)/t50-,51-,52-,53-,57-/m0/s1. The van der Waals surface area contributed by atoms with Gasteiger partial charge in [-0.1, -0.05) is 36.2 Å². The Morgan fingerprint density at radius 2 is 1.13 bits per heavy atom. The van der Waals surface area contributed by atoms with Crippen LogP contribution in [0.1, 0.15) is 56.9 Å². The highest BCUT2D eigenvalue weighted by Gasteiger charge is 2.43. The van der Waals surface area contributed by atoms with E-state index in [2.05, 4.69) is 48.9 Å². The van der Waals surface area contributed by atoms with Crippen LogP contribution >= 0.6 is 23.4 Å². The summed E-state index contributed by atoms with van der Waals surface area (Å²) in [5.41, 5.74) is 1.23. The summed E-state index contributed by atoms with van der Waals surface area (Å²) >= 11 is 8.07. The first-order chi connectivity index (χ1) is 40.4. The monoisotopic (exact) mass is 1200 g/mol. The summed E-state index contributed by atoms with van der Waals surface area (Å²) < 4.78 is 72.7. The summed E-state index contributed by atoms with van der Waals surface area (Å²) in [5, 5.41) is 10.0. The number of esters is 1. The van der Waals surface area contributed by atoms with Gasteiger partial charge in [0.2, 0.25) is 5.91 Å². The van der Waals surface area contributed by atoms with Crippen molar-refractivity contribution in [2.75, 3.05) is 195 Å². The minimum Gasteiger partial charge on any atom is -0.461 e. The molecule has 24 heteroatoms. The number of piperidine rings is 1. The summed E-state index contributed by atoms with van der Waals surface area (Å²) in [6.45, 7) is 14.0. The van der Waals surface area contributed by atoms with Gasteiger partial charge in [-0.2, -0.15) is 11.8 Å². The van der Waals surface area contributed by atoms with E-state index in [1.807, 2.05) is 42.2 Å². The van der Waals surface area contributed by atoms with Crippen LogP contribution in [-0.4, -0.2) is 254 Å². The number of nitrogens with one attached hydrogen (secondary N) is 3. The lowest BCUT2D eigenvalue weighted by Gasteiger charge is -2.39. The van der Waals surface area contributed by atoms with E-state index >= 15 is 0 Å². The molecule has 4 aliphatic heterocycles. The van der Waals surface area contributed by atoms with Gasteiger partial charge in [-0.05, 0) is 61.9 Å². The number of ether oxygens (including phenoxy) is 13. The van der Waals surface area contributed by atoms with Gasteiger partial charge in [0.1, 0.15) is 11.9 Å². The summed E-state index contributed by atoms with van der Waals surface area (Å²) in [6.07, 6.45) is 8.97. The number of nitrogens with zero attached hydrogens (tertiary/aromatic N) is 3. The Morgan fingerprint density at radius 1 is 0.622 bits per heavy atom. The van der Waals surface area contributed by atoms with Gasteiger partial charge in [-0.25, -0.2) is 9.78 Å². The fourth-order valence-electron chi connectivity index (χ4n) is 10.0. The Morgan fingerprint density at radius 3 is 1.65 bits per heavy atom. The number of amides is 3. The van der Waals surface area contributed by atoms with Gasteiger partial charge >= 0.3 is 12.0 Å². The van der Waals surface area contributed by atoms with E-state index in [9.17, 15) is 14.4 Å². The third-order valence-electron chi connectivity index (χ3n) is 14.2. The highest BCUT2D eigenvalue weighted by atomic mass is 35.5. The molecular weight excluding hydrogens is 1100 g/mol. The first-order valence-corrected chi connectivity index (χ1v) is 31.1. The maximum absolute atomic E-state index is 12.9. The quantitative estimate of drug-likeness (QED) is 0.0475. The van der Waals surface area contributed by atoms with Crippen LogP contribution in [0, 0.1) is 0 Å². The molecule has 0 aliphatic carbocycles. The van der Waals surface area contributed by atoms with Crippen LogP contribution < -0.4 is 20.9 Å². The van der Waals surface area contributed by atoms with Gasteiger partial charge in [0.25, 0.3) is 0 Å². The number of fused-ring (bicyclic) bond motifs is 1. The second kappa shape index (κ2) is 43.2. The van der Waals surface area contributed by atoms with Crippen LogP contribution in [-0.2, 0) is 77.6 Å². The number of urea groups is 1. The van der Waals surface area contributed by atoms with E-state index in [0.717, 1.165) is 81.2 Å². The number of anilines is 1. The van der Waals surface area contributed by atoms with Crippen molar-refractivity contribution in [2.24, 2.45) is 0 Å². The van der Waals surface area contributed by atoms with Crippen LogP contribution in [0.3, 0.4) is 0 Å². The molecule has 0 unspecified atom stereocenters. The second-order valence-corrected chi connectivity index (χ2v) is 22.0. The van der Waals surface area contributed by atoms with Crippen molar-refractivity contribution in [2.45, 2.75) is 93.3 Å². The average Bonchev–Trinajstić information content (AvgIpc) is 4.37. The summed E-state index contributed by atoms with van der Waals surface area (Å²) in [5.74, 6) is 1.78. The maximum atomic E-state index is 12.9. The number of pyridine rings is 1. The average molecular weight is 1200 g/mol. The molecule has 5 heterocycles. The number of carbonyl (C=O) groups excluding carboxylic acids is 3. The van der Waals surface area contributed by atoms with Crippen molar-refractivity contribution in [3.05, 3.63) is 59.2 Å². The molecule has 1 aromatic carbocycles. The number of benzene rings is 1. The van der Waals surface area contributed by atoms with Gasteiger partial charge in [-0.15, -0.1) is 0 Å². The molecular formula is C58H93ClN6O16S. The molecule has 22 nitrogen and oxygen atoms in total. The largest absolute Gasteiger partial charge is 0.461 e. The zero-order valence-electron chi connectivity index (χ0n) is 48.1. The van der Waals surface area contributed by atoms with Crippen LogP contribution in [0.2, 0.25) is 5.02 Å². The molecule has 82 heavy (non-hydrogen) atoms. The molecule has 4 fully saturated rings. The predicted molar refractivity (Wildman–Crippen MR) is 311 cm³/mol. The summed E-state index contributed by atoms with van der Waals surface area (Å²) in [4.78, 5) is 46.0. The van der Waals surface area contributed by atoms with Gasteiger partial charge in [0, 0.05) is 73.3 Å². The van der Waals surface area contributed by atoms with Crippen LogP contribution in [0.4, 0.5) is 10.6 Å². The number of carbonyl (C=O) groups is 3. The zero-order valence-corrected chi connectivity index (χ0v) is 49.7. The highest BCUT2D eigenvalue weighted by molar-refractivity contribution is 8.00. The Balaban J connectivity index is 0.594. The zero-order chi connectivity index (χ0) is 57.3. The molecule has 3 amide bonds. The number of aromatic nitrogens is 1. The molecule has 0 radical (unpaired) electrons. The van der Waals surface area contributed by atoms with Gasteiger partial charge in [0.15, 0.2) is 0 Å². The third-order valence-corrected chi connectivity index (χ3v) is 16.0. The first kappa shape index (κ1) is 67.6. The van der Waals surface area contributed by atoms with Crippen molar-refractivity contribution in [1.82, 2.24) is 25.8 Å². The normalized spacial score (nSPS) is 20.1. The van der Waals surface area contributed by atoms with Gasteiger partial charge in [0.05, 0.1) is 177 Å². The van der Waals surface area contributed by atoms with E-state index in [1.54, 1.807) is 0 Å². The lowest BCUT2D eigenvalue weighted by atomic mass is 9.99. The van der Waals surface area contributed by atoms with E-state index in [4.69, 9.17) is 73.2 Å². The van der Waals surface area contributed by atoms with Crippen molar-refractivity contribution in [3.8, 4) is 0 Å². The number of likely N-dealkylation sites (tertiary alicyclic amines) is 1. The molecule has 0 bridgehead atoms. The Labute approximate surface area is 494 Å². The molecule has 6 rings (SSSR count). The summed E-state index contributed by atoms with van der Waals surface area (Å²) in [7, 11) is 0. The molecule has 2 aromatic rings. The minimum atomic E-state index is -0.233. The first-order valence-electron chi connectivity index (χ1n) is 29.6. The van der Waals surface area contributed by atoms with E-state index < -0.39 is 0 Å². The molecule has 1 aromatic heterocycles. The third kappa shape index (κ3) is 29.1. The van der Waals surface area contributed by atoms with Crippen molar-refractivity contribution < 1.29 is 76.0 Å². The molecule has 4 saturated heterocycles. The van der Waals surface area contributed by atoms with Gasteiger partial charge < -0.3 is 82.4 Å². The lowest BCUT2D eigenvalue weighted by Crippen LogP contribution is -2.47. The summed E-state index contributed by atoms with van der Waals surface area (Å²) in [6, 6.07) is 15.2. The molecule has 3 N–H and O–H groups in total. The van der Waals surface area contributed by atoms with E-state index in [0.29, 0.717) is 176 Å². The molecule has 0 saturated carbocycles. The topological polar surface area (TPSA) is 227 Å². The predicted octanol–water partition coefficient (Wildman–Crippen LogP) is 4.36. The number of thioether (sulfide) groups is 1. The van der Waals surface area contributed by atoms with Crippen LogP contribution in [0.25, 0.3) is 0 Å². The number of halogens is 1. The Hall–Kier alpha value is -3.50. The number of hydrogen-bond acceptors (Lipinski definition) is 20. The molecule has 5 atom stereocenters. The van der Waals surface area contributed by atoms with Crippen LogP contribution in [0.5, 0.6) is 0 Å². The van der Waals surface area contributed by atoms with Crippen molar-refractivity contribution >= 4 is 47.1 Å². The number of unbranched alkanes of at least 4 members (excludes halogenated alkanes) is 1. The van der Waals surface area contributed by atoms with Crippen LogP contribution in [0.15, 0.2) is 48.7 Å². The fraction of sp³-hybridized carbons (Fsp3) is 0.759. The van der Waals surface area contributed by atoms with E-state index in [-0.39, 0.29) is 55.2 Å². The Kier molecular flexibility index (Phi) is 35.6. The minimum absolute atomic E-state index is 0.0380. The fourth-order valence-corrected chi connectivity index (χ4v) is 11.7. The SMILES string of the molecule is O=C(CCCC[C@@H]1SC[C@@H]2NC(=O)N[C@@H]21)NCCOCCOCCOCCOCCOCCOCCOCCOCCOCCOCCOCCOCCC(=O)O[C@H]1C[C@H](Cc2ccc(Cl)cc2)N(C2CCN(c3ccccn3)CC2)C1. The smallest absolute Gasteiger partial charge is 0.315 e. The van der Waals surface area contributed by atoms with Gasteiger partial charge in [-0.3, -0.25) is 14.5 Å². The van der Waals surface area contributed by atoms with E-state index in [1.165, 1.54) is 5.56 Å². The second-order valence-electron chi connectivity index (χ2n) is 20.3. The number of rotatable bonds is 49. The molecule has 4 aliphatic rings.